The van der Waals surface area contributed by atoms with E-state index in [4.69, 9.17) is 4.74 Å². The molecule has 1 aliphatic heterocycles. The second-order valence-electron chi connectivity index (χ2n) is 9.90. The van der Waals surface area contributed by atoms with Crippen molar-refractivity contribution in [1.29, 1.82) is 0 Å². The fourth-order valence-corrected chi connectivity index (χ4v) is 5.03. The largest absolute Gasteiger partial charge is 0.443 e. The Morgan fingerprint density at radius 1 is 1.16 bits per heavy atom. The van der Waals surface area contributed by atoms with Crippen molar-refractivity contribution in [3.63, 3.8) is 0 Å². The number of imidazole rings is 1. The minimum absolute atomic E-state index is 0.0663. The fourth-order valence-electron chi connectivity index (χ4n) is 5.03. The Morgan fingerprint density at radius 2 is 1.86 bits per heavy atom. The van der Waals surface area contributed by atoms with Gasteiger partial charge in [0.25, 0.3) is 0 Å². The highest BCUT2D eigenvalue weighted by Crippen LogP contribution is 2.37. The topological polar surface area (TPSA) is 109 Å². The molecule has 0 bridgehead atoms. The van der Waals surface area contributed by atoms with Gasteiger partial charge in [-0.15, -0.1) is 0 Å². The first-order chi connectivity index (χ1) is 18.0. The highest BCUT2D eigenvalue weighted by atomic mass is 16.6. The first-order valence-electron chi connectivity index (χ1n) is 12.9. The molecule has 0 radical (unpaired) electrons. The van der Waals surface area contributed by atoms with Crippen molar-refractivity contribution in [1.82, 2.24) is 20.2 Å². The van der Waals surface area contributed by atoms with Crippen molar-refractivity contribution in [2.45, 2.75) is 50.0 Å². The molecule has 1 aliphatic carbocycles. The van der Waals surface area contributed by atoms with Gasteiger partial charge in [-0.2, -0.15) is 0 Å². The minimum Gasteiger partial charge on any atom is -0.443 e. The van der Waals surface area contributed by atoms with Gasteiger partial charge >= 0.3 is 6.09 Å². The van der Waals surface area contributed by atoms with E-state index < -0.39 is 6.10 Å². The lowest BCUT2D eigenvalue weighted by atomic mass is 9.75. The smallest absolute Gasteiger partial charge is 0.407 e. The Bertz CT molecular complexity index is 1210. The number of carbonyl (C=O) groups excluding carboxylic acids is 1. The summed E-state index contributed by atoms with van der Waals surface area (Å²) >= 11 is 0. The Balaban J connectivity index is 1.14. The maximum absolute atomic E-state index is 11.1. The molecule has 5 rings (SSSR count). The maximum Gasteiger partial charge on any atom is 0.407 e. The van der Waals surface area contributed by atoms with Crippen molar-refractivity contribution in [3.05, 3.63) is 84.0 Å². The fraction of sp³-hybridized carbons (Fsp3) is 0.379. The van der Waals surface area contributed by atoms with E-state index >= 15 is 0 Å². The number of rotatable bonds is 10. The number of benzene rings is 2. The van der Waals surface area contributed by atoms with E-state index in [-0.39, 0.29) is 24.8 Å². The van der Waals surface area contributed by atoms with Gasteiger partial charge in [-0.1, -0.05) is 60.7 Å². The number of cyclic esters (lactones) is 1. The predicted octanol–water partition coefficient (Wildman–Crippen LogP) is 3.79. The van der Waals surface area contributed by atoms with Gasteiger partial charge in [0, 0.05) is 25.0 Å². The SMILES string of the molecule is C[C@H](O)c1nccn1[C@@H](/C=C/c1ccc(-c2ccc(C3CC(NCC4CNC(=O)O4)C3)cc2)cc1)CO. The molecule has 2 aromatic carbocycles. The molecule has 1 saturated carbocycles. The molecule has 8 nitrogen and oxygen atoms in total. The third kappa shape index (κ3) is 5.93. The van der Waals surface area contributed by atoms with Crippen molar-refractivity contribution in [3.8, 4) is 11.1 Å². The standard InChI is InChI=1S/C29H34N4O4/c1-19(35)28-30-12-13-33(28)26(18-34)11-4-20-2-5-21(6-3-20)22-7-9-23(10-8-22)24-14-25(15-24)31-16-27-17-32-29(36)37-27/h2-13,19,24-27,31,34-35H,14-18H2,1H3,(H,32,36)/b11-4+/t19-,24?,25?,26-,27?/m0/s1. The van der Waals surface area contributed by atoms with Crippen molar-refractivity contribution in [2.75, 3.05) is 19.7 Å². The van der Waals surface area contributed by atoms with Crippen molar-refractivity contribution < 1.29 is 19.7 Å². The van der Waals surface area contributed by atoms with Crippen LogP contribution in [0.1, 0.15) is 54.8 Å². The summed E-state index contributed by atoms with van der Waals surface area (Å²) < 4.78 is 6.97. The van der Waals surface area contributed by atoms with Gasteiger partial charge in [0.15, 0.2) is 0 Å². The van der Waals surface area contributed by atoms with Crippen LogP contribution in [0.3, 0.4) is 0 Å². The van der Waals surface area contributed by atoms with Crippen LogP contribution >= 0.6 is 0 Å². The summed E-state index contributed by atoms with van der Waals surface area (Å²) in [6.07, 6.45) is 8.42. The van der Waals surface area contributed by atoms with Gasteiger partial charge in [0.2, 0.25) is 0 Å². The summed E-state index contributed by atoms with van der Waals surface area (Å²) in [5, 5.41) is 25.9. The van der Waals surface area contributed by atoms with Gasteiger partial charge in [-0.25, -0.2) is 9.78 Å². The molecule has 3 atom stereocenters. The van der Waals surface area contributed by atoms with Crippen LogP contribution in [0, 0.1) is 0 Å². The number of aromatic nitrogens is 2. The van der Waals surface area contributed by atoms with E-state index in [1.165, 1.54) is 11.1 Å². The summed E-state index contributed by atoms with van der Waals surface area (Å²) in [6, 6.07) is 17.3. The van der Waals surface area contributed by atoms with Gasteiger partial charge in [-0.05, 0) is 47.9 Å². The quantitative estimate of drug-likeness (QED) is 0.336. The molecule has 2 heterocycles. The van der Waals surface area contributed by atoms with Crippen LogP contribution in [0.25, 0.3) is 17.2 Å². The van der Waals surface area contributed by atoms with E-state index in [2.05, 4.69) is 64.1 Å². The number of nitrogens with zero attached hydrogens (tertiary/aromatic N) is 2. The number of hydrogen-bond acceptors (Lipinski definition) is 6. The molecule has 1 aromatic heterocycles. The predicted molar refractivity (Wildman–Crippen MR) is 142 cm³/mol. The zero-order chi connectivity index (χ0) is 25.8. The second kappa shape index (κ2) is 11.3. The normalized spacial score (nSPS) is 22.9. The number of aliphatic hydroxyl groups is 2. The summed E-state index contributed by atoms with van der Waals surface area (Å²) in [5.74, 6) is 1.10. The van der Waals surface area contributed by atoms with Crippen LogP contribution < -0.4 is 10.6 Å². The summed E-state index contributed by atoms with van der Waals surface area (Å²) in [6.45, 7) is 2.87. The Hall–Kier alpha value is -3.46. The molecular weight excluding hydrogens is 468 g/mol. The molecular formula is C29H34N4O4. The monoisotopic (exact) mass is 502 g/mol. The lowest BCUT2D eigenvalue weighted by molar-refractivity contribution is 0.133. The highest BCUT2D eigenvalue weighted by molar-refractivity contribution is 5.69. The Morgan fingerprint density at radius 3 is 2.49 bits per heavy atom. The summed E-state index contributed by atoms with van der Waals surface area (Å²) in [5.41, 5.74) is 4.73. The number of aliphatic hydroxyl groups excluding tert-OH is 2. The first kappa shape index (κ1) is 25.2. The first-order valence-corrected chi connectivity index (χ1v) is 12.9. The molecule has 0 spiro atoms. The molecule has 4 N–H and O–H groups in total. The summed E-state index contributed by atoms with van der Waals surface area (Å²) in [4.78, 5) is 15.3. The number of ether oxygens (including phenoxy) is 1. The van der Waals surface area contributed by atoms with Crippen molar-refractivity contribution in [2.24, 2.45) is 0 Å². The molecule has 2 aliphatic rings. The molecule has 194 valence electrons. The van der Waals surface area contributed by atoms with Crippen molar-refractivity contribution >= 4 is 12.2 Å². The van der Waals surface area contributed by atoms with E-state index in [1.807, 2.05) is 12.2 Å². The average Bonchev–Trinajstić information content (AvgIpc) is 3.54. The molecule has 2 fully saturated rings. The average molecular weight is 503 g/mol. The number of alkyl carbamates (subject to hydrolysis) is 1. The third-order valence-electron chi connectivity index (χ3n) is 7.27. The van der Waals surface area contributed by atoms with Gasteiger partial charge in [-0.3, -0.25) is 0 Å². The van der Waals surface area contributed by atoms with Crippen LogP contribution in [0.15, 0.2) is 67.0 Å². The van der Waals surface area contributed by atoms with Gasteiger partial charge in [0.05, 0.1) is 19.2 Å². The lowest BCUT2D eigenvalue weighted by Crippen LogP contribution is -2.44. The Kier molecular flexibility index (Phi) is 7.69. The third-order valence-corrected chi connectivity index (χ3v) is 7.27. The number of amides is 1. The van der Waals surface area contributed by atoms with Gasteiger partial charge in [0.1, 0.15) is 18.0 Å². The van der Waals surface area contributed by atoms with E-state index in [0.717, 1.165) is 24.0 Å². The minimum atomic E-state index is -0.701. The zero-order valence-corrected chi connectivity index (χ0v) is 21.0. The molecule has 37 heavy (non-hydrogen) atoms. The van der Waals surface area contributed by atoms with E-state index in [0.29, 0.717) is 30.9 Å². The second-order valence-corrected chi connectivity index (χ2v) is 9.90. The number of hydrogen-bond donors (Lipinski definition) is 4. The molecule has 1 unspecified atom stereocenters. The maximum atomic E-state index is 11.1. The van der Waals surface area contributed by atoms with Crippen LogP contribution in [0.2, 0.25) is 0 Å². The number of nitrogens with one attached hydrogen (secondary N) is 2. The molecule has 1 saturated heterocycles. The molecule has 1 amide bonds. The van der Waals surface area contributed by atoms with Crippen LogP contribution in [-0.2, 0) is 4.74 Å². The molecule has 3 aromatic rings. The molecule has 8 heteroatoms. The van der Waals surface area contributed by atoms with Crippen LogP contribution in [0.4, 0.5) is 4.79 Å². The zero-order valence-electron chi connectivity index (χ0n) is 21.0. The Labute approximate surface area is 217 Å². The van der Waals surface area contributed by atoms with E-state index in [9.17, 15) is 15.0 Å². The van der Waals surface area contributed by atoms with Crippen LogP contribution in [0.5, 0.6) is 0 Å². The van der Waals surface area contributed by atoms with Crippen LogP contribution in [-0.4, -0.2) is 57.7 Å². The lowest BCUT2D eigenvalue weighted by Gasteiger charge is -2.37. The van der Waals surface area contributed by atoms with E-state index in [1.54, 1.807) is 23.9 Å². The van der Waals surface area contributed by atoms with Gasteiger partial charge < -0.3 is 30.2 Å². The highest BCUT2D eigenvalue weighted by Gasteiger charge is 2.31. The summed E-state index contributed by atoms with van der Waals surface area (Å²) in [7, 11) is 0. The number of carbonyl (C=O) groups is 1.